The number of nitrogens with two attached hydrogens (primary N) is 2. The molecule has 0 fully saturated rings. The number of ether oxygens (including phenoxy) is 1. The van der Waals surface area contributed by atoms with Crippen LogP contribution in [0.25, 0.3) is 0 Å². The molecule has 0 aliphatic rings. The van der Waals surface area contributed by atoms with Crippen LogP contribution in [0.3, 0.4) is 0 Å². The summed E-state index contributed by atoms with van der Waals surface area (Å²) in [7, 11) is 0. The Balaban J connectivity index is 3.76. The molecule has 0 heterocycles. The van der Waals surface area contributed by atoms with E-state index in [0.717, 1.165) is 0 Å². The molecule has 6 heteroatoms. The average molecular weight is 130 g/mol. The number of nitrogens with zero attached hydrogens (tertiary/aromatic N) is 1. The SMILES string of the molecule is N=C(N=C(N)N)OC=O. The summed E-state index contributed by atoms with van der Waals surface area (Å²) in [5.74, 6) is -0.318. The minimum Gasteiger partial charge on any atom is -0.393 e. The summed E-state index contributed by atoms with van der Waals surface area (Å²) in [5, 5.41) is 6.62. The van der Waals surface area contributed by atoms with E-state index >= 15 is 0 Å². The van der Waals surface area contributed by atoms with Crippen LogP contribution in [0.2, 0.25) is 0 Å². The summed E-state index contributed by atoms with van der Waals surface area (Å²) in [4.78, 5) is 12.6. The Morgan fingerprint density at radius 2 is 2.22 bits per heavy atom. The minimum atomic E-state index is -0.620. The van der Waals surface area contributed by atoms with Crippen LogP contribution in [-0.4, -0.2) is 18.5 Å². The molecule has 0 radical (unpaired) electrons. The van der Waals surface area contributed by atoms with Crippen LogP contribution in [0.4, 0.5) is 0 Å². The van der Waals surface area contributed by atoms with E-state index in [4.69, 9.17) is 16.9 Å². The summed E-state index contributed by atoms with van der Waals surface area (Å²) < 4.78 is 3.91. The van der Waals surface area contributed by atoms with Crippen molar-refractivity contribution in [3.8, 4) is 0 Å². The van der Waals surface area contributed by atoms with Crippen LogP contribution >= 0.6 is 0 Å². The quantitative estimate of drug-likeness (QED) is 0.224. The number of rotatable bonds is 1. The third kappa shape index (κ3) is 4.26. The third-order valence-electron chi connectivity index (χ3n) is 0.390. The highest BCUT2D eigenvalue weighted by Gasteiger charge is 1.90. The van der Waals surface area contributed by atoms with Crippen molar-refractivity contribution >= 4 is 18.5 Å². The van der Waals surface area contributed by atoms with Gasteiger partial charge in [-0.3, -0.25) is 4.79 Å². The summed E-state index contributed by atoms with van der Waals surface area (Å²) in [6.45, 7) is 0.0643. The Morgan fingerprint density at radius 1 is 1.67 bits per heavy atom. The Hall–Kier alpha value is -1.59. The van der Waals surface area contributed by atoms with E-state index < -0.39 is 6.02 Å². The molecule has 0 bridgehead atoms. The van der Waals surface area contributed by atoms with Crippen LogP contribution in [-0.2, 0) is 9.53 Å². The Morgan fingerprint density at radius 3 is 2.56 bits per heavy atom. The molecule has 0 spiro atoms. The fourth-order valence-corrected chi connectivity index (χ4v) is 0.189. The predicted molar refractivity (Wildman–Crippen MR) is 30.7 cm³/mol. The fourth-order valence-electron chi connectivity index (χ4n) is 0.189. The van der Waals surface area contributed by atoms with Gasteiger partial charge in [0, 0.05) is 0 Å². The highest BCUT2D eigenvalue weighted by atomic mass is 16.5. The highest BCUT2D eigenvalue weighted by Crippen LogP contribution is 1.73. The van der Waals surface area contributed by atoms with Crippen molar-refractivity contribution in [2.45, 2.75) is 0 Å². The molecule has 0 aliphatic heterocycles. The minimum absolute atomic E-state index is 0.0643. The topological polar surface area (TPSA) is 115 Å². The molecular weight excluding hydrogens is 124 g/mol. The maximum atomic E-state index is 9.48. The molecule has 0 aromatic heterocycles. The molecule has 6 nitrogen and oxygen atoms in total. The Kier molecular flexibility index (Phi) is 2.81. The molecule has 0 saturated carbocycles. The van der Waals surface area contributed by atoms with Crippen LogP contribution in [0, 0.1) is 5.41 Å². The van der Waals surface area contributed by atoms with Crippen molar-refractivity contribution in [1.29, 1.82) is 5.41 Å². The number of nitrogens with one attached hydrogen (secondary N) is 1. The van der Waals surface area contributed by atoms with Crippen LogP contribution in [0.15, 0.2) is 4.99 Å². The number of amidine groups is 1. The first-order chi connectivity index (χ1) is 4.16. The Labute approximate surface area is 51.0 Å². The second-order valence-electron chi connectivity index (χ2n) is 1.06. The summed E-state index contributed by atoms with van der Waals surface area (Å²) in [6.07, 6.45) is 0. The number of carbonyl (C=O) groups excluding carboxylic acids is 1. The van der Waals surface area contributed by atoms with Crippen molar-refractivity contribution in [2.24, 2.45) is 16.5 Å². The number of carbonyl (C=O) groups is 1. The molecule has 0 saturated heterocycles. The first-order valence-corrected chi connectivity index (χ1v) is 1.95. The summed E-state index contributed by atoms with van der Waals surface area (Å²) in [5.41, 5.74) is 9.63. The molecule has 0 rings (SSSR count). The lowest BCUT2D eigenvalue weighted by Gasteiger charge is -1.90. The van der Waals surface area contributed by atoms with Gasteiger partial charge < -0.3 is 16.2 Å². The van der Waals surface area contributed by atoms with Gasteiger partial charge in [0.05, 0.1) is 0 Å². The number of aliphatic imine (C=N–C) groups is 1. The van der Waals surface area contributed by atoms with Gasteiger partial charge >= 0.3 is 12.5 Å². The standard InChI is InChI=1S/C3H6N4O2/c4-2(5)7-3(6)9-1-8/h1H,(H5,4,5,6,7). The summed E-state index contributed by atoms with van der Waals surface area (Å²) >= 11 is 0. The van der Waals surface area contributed by atoms with Gasteiger partial charge in [-0.15, -0.1) is 0 Å². The maximum Gasteiger partial charge on any atom is 0.319 e. The molecular formula is C3H6N4O2. The molecule has 0 amide bonds. The van der Waals surface area contributed by atoms with E-state index in [9.17, 15) is 4.79 Å². The van der Waals surface area contributed by atoms with E-state index in [1.807, 2.05) is 0 Å². The molecule has 0 unspecified atom stereocenters. The third-order valence-corrected chi connectivity index (χ3v) is 0.390. The average Bonchev–Trinajstić information content (AvgIpc) is 1.63. The van der Waals surface area contributed by atoms with Gasteiger partial charge in [-0.1, -0.05) is 0 Å². The van der Waals surface area contributed by atoms with Gasteiger partial charge in [-0.25, -0.2) is 5.41 Å². The molecule has 0 aliphatic carbocycles. The molecule has 9 heavy (non-hydrogen) atoms. The molecule has 50 valence electrons. The van der Waals surface area contributed by atoms with Gasteiger partial charge in [0.15, 0.2) is 5.96 Å². The monoisotopic (exact) mass is 130 g/mol. The molecule has 0 atom stereocenters. The maximum absolute atomic E-state index is 9.48. The molecule has 5 N–H and O–H groups in total. The van der Waals surface area contributed by atoms with Crippen molar-refractivity contribution < 1.29 is 9.53 Å². The largest absolute Gasteiger partial charge is 0.393 e. The number of hydrogen-bond acceptors (Lipinski definition) is 3. The van der Waals surface area contributed by atoms with E-state index in [1.165, 1.54) is 0 Å². The Bertz CT molecular complexity index is 148. The highest BCUT2D eigenvalue weighted by molar-refractivity contribution is 5.90. The van der Waals surface area contributed by atoms with Gasteiger partial charge in [0.1, 0.15) is 0 Å². The van der Waals surface area contributed by atoms with E-state index in [1.54, 1.807) is 0 Å². The van der Waals surface area contributed by atoms with Crippen molar-refractivity contribution in [3.05, 3.63) is 0 Å². The zero-order valence-electron chi connectivity index (χ0n) is 4.50. The van der Waals surface area contributed by atoms with Gasteiger partial charge in [0.25, 0.3) is 0 Å². The lowest BCUT2D eigenvalue weighted by atomic mass is 11.0. The van der Waals surface area contributed by atoms with Gasteiger partial charge in [-0.2, -0.15) is 4.99 Å². The van der Waals surface area contributed by atoms with E-state index in [2.05, 4.69) is 9.73 Å². The molecule has 0 aromatic carbocycles. The molecule has 0 aromatic rings. The van der Waals surface area contributed by atoms with E-state index in [0.29, 0.717) is 0 Å². The first-order valence-electron chi connectivity index (χ1n) is 1.95. The second-order valence-corrected chi connectivity index (χ2v) is 1.06. The smallest absolute Gasteiger partial charge is 0.319 e. The van der Waals surface area contributed by atoms with Gasteiger partial charge in [0.2, 0.25) is 0 Å². The van der Waals surface area contributed by atoms with Gasteiger partial charge in [-0.05, 0) is 0 Å². The van der Waals surface area contributed by atoms with Crippen molar-refractivity contribution in [3.63, 3.8) is 0 Å². The number of hydrogen-bond donors (Lipinski definition) is 3. The zero-order chi connectivity index (χ0) is 7.28. The number of guanidine groups is 1. The van der Waals surface area contributed by atoms with Crippen molar-refractivity contribution in [2.75, 3.05) is 0 Å². The van der Waals surface area contributed by atoms with Crippen LogP contribution < -0.4 is 11.5 Å². The summed E-state index contributed by atoms with van der Waals surface area (Å²) in [6, 6.07) is -0.620. The zero-order valence-corrected chi connectivity index (χ0v) is 4.50. The fraction of sp³-hybridized carbons (Fsp3) is 0. The normalized spacial score (nSPS) is 7.56. The first kappa shape index (κ1) is 7.41. The lowest BCUT2D eigenvalue weighted by molar-refractivity contribution is -0.121. The predicted octanol–water partition coefficient (Wildman–Crippen LogP) is -1.63. The second kappa shape index (κ2) is 3.42. The van der Waals surface area contributed by atoms with E-state index in [-0.39, 0.29) is 12.4 Å². The lowest BCUT2D eigenvalue weighted by Crippen LogP contribution is -2.24. The van der Waals surface area contributed by atoms with Crippen LogP contribution in [0.5, 0.6) is 0 Å². The van der Waals surface area contributed by atoms with Crippen molar-refractivity contribution in [1.82, 2.24) is 0 Å². The van der Waals surface area contributed by atoms with Crippen LogP contribution in [0.1, 0.15) is 0 Å².